The molecule has 0 bridgehead atoms. The highest BCUT2D eigenvalue weighted by molar-refractivity contribution is 5.87. The number of nitrogens with zero attached hydrogens (tertiary/aromatic N) is 2. The summed E-state index contributed by atoms with van der Waals surface area (Å²) in [6, 6.07) is 0. The Balaban J connectivity index is 2.84. The molecular weight excluding hydrogens is 138 g/mol. The molecule has 60 valence electrons. The molecule has 0 fully saturated rings. The number of hydrazone groups is 1. The number of amidine groups is 1. The monoisotopic (exact) mass is 151 g/mol. The fourth-order valence-corrected chi connectivity index (χ4v) is 1.01. The van der Waals surface area contributed by atoms with E-state index in [4.69, 9.17) is 5.41 Å². The molecule has 0 aromatic rings. The lowest BCUT2D eigenvalue weighted by molar-refractivity contribution is 0.531. The summed E-state index contributed by atoms with van der Waals surface area (Å²) >= 11 is 0. The van der Waals surface area contributed by atoms with Crippen molar-refractivity contribution in [3.63, 3.8) is 0 Å². The Bertz CT molecular complexity index is 238. The van der Waals surface area contributed by atoms with E-state index in [-0.39, 0.29) is 0 Å². The SMILES string of the molecule is CC(=N)N1N=C(C)CC=C1C. The fourth-order valence-electron chi connectivity index (χ4n) is 1.01. The van der Waals surface area contributed by atoms with Gasteiger partial charge in [-0.15, -0.1) is 0 Å². The summed E-state index contributed by atoms with van der Waals surface area (Å²) in [6.07, 6.45) is 3.00. The Morgan fingerprint density at radius 3 is 2.73 bits per heavy atom. The van der Waals surface area contributed by atoms with E-state index in [1.54, 1.807) is 11.9 Å². The van der Waals surface area contributed by atoms with Crippen LogP contribution in [-0.2, 0) is 0 Å². The Kier molecular flexibility index (Phi) is 2.08. The molecule has 1 rings (SSSR count). The van der Waals surface area contributed by atoms with Gasteiger partial charge in [-0.05, 0) is 20.8 Å². The van der Waals surface area contributed by atoms with Gasteiger partial charge in [0.2, 0.25) is 0 Å². The van der Waals surface area contributed by atoms with Crippen LogP contribution in [0.2, 0.25) is 0 Å². The van der Waals surface area contributed by atoms with Crippen molar-refractivity contribution in [2.24, 2.45) is 5.10 Å². The summed E-state index contributed by atoms with van der Waals surface area (Å²) in [5.74, 6) is 0.470. The first-order valence-electron chi connectivity index (χ1n) is 3.67. The van der Waals surface area contributed by atoms with Gasteiger partial charge in [0.25, 0.3) is 0 Å². The summed E-state index contributed by atoms with van der Waals surface area (Å²) < 4.78 is 0. The van der Waals surface area contributed by atoms with Crippen LogP contribution in [0.5, 0.6) is 0 Å². The number of allylic oxidation sites excluding steroid dienone is 2. The van der Waals surface area contributed by atoms with Crippen LogP contribution < -0.4 is 0 Å². The van der Waals surface area contributed by atoms with Crippen LogP contribution in [0.4, 0.5) is 0 Å². The summed E-state index contributed by atoms with van der Waals surface area (Å²) in [5.41, 5.74) is 2.10. The second-order valence-electron chi connectivity index (χ2n) is 2.78. The topological polar surface area (TPSA) is 39.5 Å². The first-order valence-corrected chi connectivity index (χ1v) is 3.67. The molecule has 0 atom stereocenters. The van der Waals surface area contributed by atoms with E-state index in [0.717, 1.165) is 17.8 Å². The standard InChI is InChI=1S/C8H13N3/c1-6-4-5-7(2)11(10-6)8(3)9/h5,9H,4H2,1-3H3. The molecule has 1 heterocycles. The summed E-state index contributed by atoms with van der Waals surface area (Å²) in [7, 11) is 0. The number of nitrogens with one attached hydrogen (secondary N) is 1. The predicted octanol–water partition coefficient (Wildman–Crippen LogP) is 1.97. The van der Waals surface area contributed by atoms with Crippen LogP contribution in [0, 0.1) is 5.41 Å². The van der Waals surface area contributed by atoms with Crippen LogP contribution >= 0.6 is 0 Å². The lowest BCUT2D eigenvalue weighted by Gasteiger charge is -2.22. The van der Waals surface area contributed by atoms with Gasteiger partial charge in [0, 0.05) is 17.8 Å². The van der Waals surface area contributed by atoms with Gasteiger partial charge in [-0.1, -0.05) is 6.08 Å². The number of hydrogen-bond acceptors (Lipinski definition) is 2. The molecule has 3 nitrogen and oxygen atoms in total. The highest BCUT2D eigenvalue weighted by atomic mass is 15.5. The van der Waals surface area contributed by atoms with Crippen molar-refractivity contribution in [1.82, 2.24) is 5.01 Å². The minimum Gasteiger partial charge on any atom is -0.287 e. The Morgan fingerprint density at radius 2 is 2.27 bits per heavy atom. The van der Waals surface area contributed by atoms with E-state index in [2.05, 4.69) is 11.2 Å². The molecule has 1 aliphatic heterocycles. The second-order valence-corrected chi connectivity index (χ2v) is 2.78. The van der Waals surface area contributed by atoms with Gasteiger partial charge in [-0.3, -0.25) is 5.41 Å². The van der Waals surface area contributed by atoms with Gasteiger partial charge in [0.1, 0.15) is 5.84 Å². The molecule has 0 aromatic heterocycles. The molecule has 0 saturated carbocycles. The van der Waals surface area contributed by atoms with Gasteiger partial charge >= 0.3 is 0 Å². The molecule has 3 heteroatoms. The minimum absolute atomic E-state index is 0.470. The first kappa shape index (κ1) is 7.98. The van der Waals surface area contributed by atoms with Crippen molar-refractivity contribution in [2.45, 2.75) is 27.2 Å². The van der Waals surface area contributed by atoms with Crippen LogP contribution in [0.15, 0.2) is 16.9 Å². The predicted molar refractivity (Wildman–Crippen MR) is 46.7 cm³/mol. The third kappa shape index (κ3) is 1.67. The third-order valence-corrected chi connectivity index (χ3v) is 1.62. The first-order chi connectivity index (χ1) is 5.11. The molecule has 0 aromatic carbocycles. The highest BCUT2D eigenvalue weighted by Crippen LogP contribution is 2.12. The van der Waals surface area contributed by atoms with Crippen molar-refractivity contribution >= 4 is 11.5 Å². The zero-order chi connectivity index (χ0) is 8.43. The lowest BCUT2D eigenvalue weighted by atomic mass is 10.2. The molecule has 1 N–H and O–H groups in total. The van der Waals surface area contributed by atoms with Crippen molar-refractivity contribution < 1.29 is 0 Å². The highest BCUT2D eigenvalue weighted by Gasteiger charge is 2.10. The lowest BCUT2D eigenvalue weighted by Crippen LogP contribution is -2.24. The van der Waals surface area contributed by atoms with E-state index in [9.17, 15) is 0 Å². The Hall–Kier alpha value is -1.12. The average Bonchev–Trinajstić information content (AvgIpc) is 1.94. The molecule has 11 heavy (non-hydrogen) atoms. The van der Waals surface area contributed by atoms with Crippen molar-refractivity contribution in [1.29, 1.82) is 5.41 Å². The van der Waals surface area contributed by atoms with Crippen LogP contribution in [0.1, 0.15) is 27.2 Å². The fraction of sp³-hybridized carbons (Fsp3) is 0.500. The van der Waals surface area contributed by atoms with E-state index < -0.39 is 0 Å². The number of rotatable bonds is 0. The zero-order valence-corrected chi connectivity index (χ0v) is 7.18. The molecule has 0 aliphatic carbocycles. The Morgan fingerprint density at radius 1 is 1.64 bits per heavy atom. The summed E-state index contributed by atoms with van der Waals surface area (Å²) in [6.45, 7) is 5.67. The van der Waals surface area contributed by atoms with Crippen molar-refractivity contribution in [3.05, 3.63) is 11.8 Å². The van der Waals surface area contributed by atoms with Gasteiger partial charge in [0.05, 0.1) is 0 Å². The minimum atomic E-state index is 0.470. The van der Waals surface area contributed by atoms with Crippen LogP contribution in [-0.4, -0.2) is 16.6 Å². The molecule has 0 saturated heterocycles. The maximum atomic E-state index is 7.39. The van der Waals surface area contributed by atoms with Gasteiger partial charge in [0.15, 0.2) is 0 Å². The Labute approximate surface area is 66.9 Å². The number of hydrogen-bond donors (Lipinski definition) is 1. The van der Waals surface area contributed by atoms with Crippen LogP contribution in [0.3, 0.4) is 0 Å². The smallest absolute Gasteiger partial charge is 0.119 e. The molecule has 0 radical (unpaired) electrons. The largest absolute Gasteiger partial charge is 0.287 e. The van der Waals surface area contributed by atoms with Crippen molar-refractivity contribution in [2.75, 3.05) is 0 Å². The van der Waals surface area contributed by atoms with Gasteiger partial charge in [-0.2, -0.15) is 5.10 Å². The second kappa shape index (κ2) is 2.86. The molecular formula is C8H13N3. The maximum absolute atomic E-state index is 7.39. The quantitative estimate of drug-likeness (QED) is 0.417. The molecule has 0 spiro atoms. The van der Waals surface area contributed by atoms with Gasteiger partial charge in [-0.25, -0.2) is 5.01 Å². The molecule has 0 amide bonds. The normalized spacial score (nSPS) is 17.5. The summed E-state index contributed by atoms with van der Waals surface area (Å²) in [5, 5.41) is 13.3. The molecule has 1 aliphatic rings. The molecule has 0 unspecified atom stereocenters. The van der Waals surface area contributed by atoms with E-state index in [1.807, 2.05) is 13.8 Å². The van der Waals surface area contributed by atoms with E-state index in [1.165, 1.54) is 0 Å². The summed E-state index contributed by atoms with van der Waals surface area (Å²) in [4.78, 5) is 0. The zero-order valence-electron chi connectivity index (χ0n) is 7.18. The average molecular weight is 151 g/mol. The van der Waals surface area contributed by atoms with Crippen LogP contribution in [0.25, 0.3) is 0 Å². The third-order valence-electron chi connectivity index (χ3n) is 1.62. The van der Waals surface area contributed by atoms with E-state index >= 15 is 0 Å². The van der Waals surface area contributed by atoms with Gasteiger partial charge < -0.3 is 0 Å². The van der Waals surface area contributed by atoms with Crippen molar-refractivity contribution in [3.8, 4) is 0 Å². The van der Waals surface area contributed by atoms with E-state index in [0.29, 0.717) is 5.84 Å². The maximum Gasteiger partial charge on any atom is 0.119 e.